The van der Waals surface area contributed by atoms with Gasteiger partial charge in [0.25, 0.3) is 0 Å². The fourth-order valence-electron chi connectivity index (χ4n) is 2.44. The van der Waals surface area contributed by atoms with Crippen molar-refractivity contribution in [2.24, 2.45) is 0 Å². The summed E-state index contributed by atoms with van der Waals surface area (Å²) in [6.45, 7) is 0.737. The average Bonchev–Trinajstić information content (AvgIpc) is 2.53. The van der Waals surface area contributed by atoms with Gasteiger partial charge in [0.1, 0.15) is 0 Å². The minimum absolute atomic E-state index is 0.138. The summed E-state index contributed by atoms with van der Waals surface area (Å²) in [5.41, 5.74) is 6.68. The molecule has 1 aliphatic rings. The molecule has 2 aromatic rings. The molecule has 6 nitrogen and oxygen atoms in total. The van der Waals surface area contributed by atoms with Gasteiger partial charge in [-0.25, -0.2) is 14.8 Å². The summed E-state index contributed by atoms with van der Waals surface area (Å²) in [6, 6.07) is 3.89. The zero-order valence-corrected chi connectivity index (χ0v) is 12.5. The zero-order valence-electron chi connectivity index (χ0n) is 12.5. The van der Waals surface area contributed by atoms with Gasteiger partial charge in [-0.15, -0.1) is 0 Å². The van der Waals surface area contributed by atoms with Crippen molar-refractivity contribution in [3.63, 3.8) is 0 Å². The molecule has 0 atom stereocenters. The standard InChI is InChI=1S/C15H14F3N5O/c16-15(17,18)10-1-3-11(4-2-10)21-14(24)23-6-5-9-7-20-13(19)22-12(9)8-23/h1-4,7H,5-6,8H2,(H,21,24)(H2,19,20,22). The smallest absolute Gasteiger partial charge is 0.368 e. The van der Waals surface area contributed by atoms with Crippen LogP contribution in [0, 0.1) is 0 Å². The van der Waals surface area contributed by atoms with Crippen LogP contribution in [0.25, 0.3) is 0 Å². The summed E-state index contributed by atoms with van der Waals surface area (Å²) < 4.78 is 37.6. The molecule has 0 radical (unpaired) electrons. The Morgan fingerprint density at radius 1 is 1.25 bits per heavy atom. The van der Waals surface area contributed by atoms with E-state index in [1.54, 1.807) is 6.20 Å². The number of benzene rings is 1. The third-order valence-electron chi connectivity index (χ3n) is 3.72. The molecule has 1 aliphatic heterocycles. The van der Waals surface area contributed by atoms with E-state index >= 15 is 0 Å². The number of carbonyl (C=O) groups excluding carboxylic acids is 1. The van der Waals surface area contributed by atoms with Crippen LogP contribution in [-0.4, -0.2) is 27.4 Å². The molecule has 126 valence electrons. The summed E-state index contributed by atoms with van der Waals surface area (Å²) >= 11 is 0. The zero-order chi connectivity index (χ0) is 17.3. The fourth-order valence-corrected chi connectivity index (χ4v) is 2.44. The number of urea groups is 1. The topological polar surface area (TPSA) is 84.1 Å². The van der Waals surface area contributed by atoms with Crippen LogP contribution in [0.3, 0.4) is 0 Å². The first-order chi connectivity index (χ1) is 11.3. The first kappa shape index (κ1) is 16.0. The highest BCUT2D eigenvalue weighted by Crippen LogP contribution is 2.30. The Morgan fingerprint density at radius 3 is 2.62 bits per heavy atom. The summed E-state index contributed by atoms with van der Waals surface area (Å²) in [5.74, 6) is 0.138. The van der Waals surface area contributed by atoms with Crippen LogP contribution in [0.4, 0.5) is 29.6 Å². The van der Waals surface area contributed by atoms with Gasteiger partial charge < -0.3 is 16.0 Å². The number of nitrogens with zero attached hydrogens (tertiary/aromatic N) is 3. The van der Waals surface area contributed by atoms with E-state index < -0.39 is 17.8 Å². The fraction of sp³-hybridized carbons (Fsp3) is 0.267. The Balaban J connectivity index is 1.67. The number of halogens is 3. The van der Waals surface area contributed by atoms with Gasteiger partial charge >= 0.3 is 12.2 Å². The van der Waals surface area contributed by atoms with Gasteiger partial charge in [-0.3, -0.25) is 0 Å². The summed E-state index contributed by atoms with van der Waals surface area (Å²) in [7, 11) is 0. The highest BCUT2D eigenvalue weighted by molar-refractivity contribution is 5.89. The Labute approximate surface area is 135 Å². The lowest BCUT2D eigenvalue weighted by Crippen LogP contribution is -2.39. The lowest BCUT2D eigenvalue weighted by Gasteiger charge is -2.28. The van der Waals surface area contributed by atoms with E-state index in [0.717, 1.165) is 17.7 Å². The first-order valence-electron chi connectivity index (χ1n) is 7.16. The summed E-state index contributed by atoms with van der Waals surface area (Å²) in [6.07, 6.45) is -2.17. The Morgan fingerprint density at radius 2 is 1.96 bits per heavy atom. The molecule has 24 heavy (non-hydrogen) atoms. The van der Waals surface area contributed by atoms with Gasteiger partial charge in [-0.2, -0.15) is 13.2 Å². The minimum Gasteiger partial charge on any atom is -0.368 e. The van der Waals surface area contributed by atoms with E-state index in [9.17, 15) is 18.0 Å². The van der Waals surface area contributed by atoms with Crippen molar-refractivity contribution in [1.29, 1.82) is 0 Å². The van der Waals surface area contributed by atoms with Crippen LogP contribution in [0.15, 0.2) is 30.5 Å². The summed E-state index contributed by atoms with van der Waals surface area (Å²) in [4.78, 5) is 21.8. The van der Waals surface area contributed by atoms with Crippen molar-refractivity contribution in [3.8, 4) is 0 Å². The Hall–Kier alpha value is -2.84. The molecule has 2 amide bonds. The molecule has 1 aromatic heterocycles. The second kappa shape index (κ2) is 5.99. The number of nitrogens with one attached hydrogen (secondary N) is 1. The molecule has 0 fully saturated rings. The largest absolute Gasteiger partial charge is 0.416 e. The molecule has 2 heterocycles. The predicted molar refractivity (Wildman–Crippen MR) is 81.0 cm³/mol. The Bertz CT molecular complexity index is 761. The predicted octanol–water partition coefficient (Wildman–Crippen LogP) is 2.67. The number of rotatable bonds is 1. The molecule has 0 spiro atoms. The number of fused-ring (bicyclic) bond motifs is 1. The number of anilines is 2. The maximum atomic E-state index is 12.5. The van der Waals surface area contributed by atoms with Gasteiger partial charge in [0, 0.05) is 18.4 Å². The lowest BCUT2D eigenvalue weighted by molar-refractivity contribution is -0.137. The van der Waals surface area contributed by atoms with Gasteiger partial charge in [-0.05, 0) is 36.2 Å². The first-order valence-corrected chi connectivity index (χ1v) is 7.16. The molecule has 0 bridgehead atoms. The van der Waals surface area contributed by atoms with Crippen molar-refractivity contribution in [3.05, 3.63) is 47.3 Å². The van der Waals surface area contributed by atoms with E-state index in [2.05, 4.69) is 15.3 Å². The van der Waals surface area contributed by atoms with Gasteiger partial charge in [0.15, 0.2) is 0 Å². The van der Waals surface area contributed by atoms with Crippen LogP contribution in [0.5, 0.6) is 0 Å². The van der Waals surface area contributed by atoms with Crippen LogP contribution < -0.4 is 11.1 Å². The van der Waals surface area contributed by atoms with Gasteiger partial charge in [-0.1, -0.05) is 0 Å². The molecular formula is C15H14F3N5O. The van der Waals surface area contributed by atoms with Crippen molar-refractivity contribution in [2.45, 2.75) is 19.1 Å². The third kappa shape index (κ3) is 3.39. The number of nitrogen functional groups attached to an aromatic ring is 1. The average molecular weight is 337 g/mol. The number of hydrogen-bond donors (Lipinski definition) is 2. The molecule has 9 heteroatoms. The highest BCUT2D eigenvalue weighted by atomic mass is 19.4. The number of alkyl halides is 3. The van der Waals surface area contributed by atoms with Crippen LogP contribution >= 0.6 is 0 Å². The molecule has 0 unspecified atom stereocenters. The molecule has 3 N–H and O–H groups in total. The number of carbonyl (C=O) groups is 1. The molecular weight excluding hydrogens is 323 g/mol. The molecule has 0 saturated carbocycles. The molecule has 1 aromatic carbocycles. The monoisotopic (exact) mass is 337 g/mol. The van der Waals surface area contributed by atoms with Gasteiger partial charge in [0.05, 0.1) is 17.8 Å². The normalized spacial score (nSPS) is 14.2. The van der Waals surface area contributed by atoms with Crippen LogP contribution in [-0.2, 0) is 19.1 Å². The minimum atomic E-state index is -4.40. The third-order valence-corrected chi connectivity index (χ3v) is 3.72. The van der Waals surface area contributed by atoms with Crippen LogP contribution in [0.2, 0.25) is 0 Å². The second-order valence-corrected chi connectivity index (χ2v) is 5.38. The van der Waals surface area contributed by atoms with E-state index in [-0.39, 0.29) is 12.5 Å². The number of amides is 2. The van der Waals surface area contributed by atoms with E-state index in [4.69, 9.17) is 5.73 Å². The number of nitrogens with two attached hydrogens (primary N) is 1. The highest BCUT2D eigenvalue weighted by Gasteiger charge is 2.30. The van der Waals surface area contributed by atoms with E-state index in [1.807, 2.05) is 0 Å². The lowest BCUT2D eigenvalue weighted by atomic mass is 10.1. The Kier molecular flexibility index (Phi) is 4.00. The molecule has 0 aliphatic carbocycles. The van der Waals surface area contributed by atoms with E-state index in [0.29, 0.717) is 24.3 Å². The number of hydrogen-bond acceptors (Lipinski definition) is 4. The summed E-state index contributed by atoms with van der Waals surface area (Å²) in [5, 5.41) is 2.58. The molecule has 3 rings (SSSR count). The quantitative estimate of drug-likeness (QED) is 0.838. The van der Waals surface area contributed by atoms with Crippen molar-refractivity contribution in [2.75, 3.05) is 17.6 Å². The maximum absolute atomic E-state index is 12.5. The van der Waals surface area contributed by atoms with Gasteiger partial charge in [0.2, 0.25) is 5.95 Å². The second-order valence-electron chi connectivity index (χ2n) is 5.38. The maximum Gasteiger partial charge on any atom is 0.416 e. The SMILES string of the molecule is Nc1ncc2c(n1)CN(C(=O)Nc1ccc(C(F)(F)F)cc1)CC2. The van der Waals surface area contributed by atoms with Crippen molar-refractivity contribution < 1.29 is 18.0 Å². The van der Waals surface area contributed by atoms with Crippen molar-refractivity contribution in [1.82, 2.24) is 14.9 Å². The van der Waals surface area contributed by atoms with Crippen molar-refractivity contribution >= 4 is 17.7 Å². The van der Waals surface area contributed by atoms with Crippen LogP contribution in [0.1, 0.15) is 16.8 Å². The van der Waals surface area contributed by atoms with E-state index in [1.165, 1.54) is 17.0 Å². The number of aromatic nitrogens is 2. The molecule has 0 saturated heterocycles.